The van der Waals surface area contributed by atoms with Gasteiger partial charge in [-0.2, -0.15) is 13.2 Å². The van der Waals surface area contributed by atoms with Crippen LogP contribution in [0, 0.1) is 0 Å². The molecule has 0 unspecified atom stereocenters. The summed E-state index contributed by atoms with van der Waals surface area (Å²) in [5, 5.41) is 0.266. The second-order valence-electron chi connectivity index (χ2n) is 5.57. The van der Waals surface area contributed by atoms with Crippen molar-refractivity contribution in [3.8, 4) is 0 Å². The van der Waals surface area contributed by atoms with Crippen LogP contribution >= 0.6 is 11.6 Å². The summed E-state index contributed by atoms with van der Waals surface area (Å²) in [5.74, 6) is -1.19. The van der Waals surface area contributed by atoms with Crippen LogP contribution in [-0.4, -0.2) is 20.1 Å². The molecule has 0 aliphatic heterocycles. The normalized spacial score (nSPS) is 12.2. The molecule has 0 radical (unpaired) electrons. The molecular weight excluding hydrogens is 391 g/mol. The summed E-state index contributed by atoms with van der Waals surface area (Å²) in [6, 6.07) is 6.76. The monoisotopic (exact) mass is 405 g/mol. The van der Waals surface area contributed by atoms with E-state index in [4.69, 9.17) is 17.3 Å². The van der Waals surface area contributed by atoms with Crippen LogP contribution in [0.25, 0.3) is 0 Å². The number of hydrogen-bond acceptors (Lipinski definition) is 3. The molecule has 0 aliphatic rings. The van der Waals surface area contributed by atoms with Gasteiger partial charge in [0.05, 0.1) is 16.2 Å². The number of halogens is 4. The average molecular weight is 406 g/mol. The molecule has 26 heavy (non-hydrogen) atoms. The Bertz CT molecular complexity index is 956. The van der Waals surface area contributed by atoms with Gasteiger partial charge in [-0.25, -0.2) is 8.42 Å². The number of amides is 1. The standard InChI is InChI=1S/C17H15ClF3NO3S/c1-2-26(24,25)15-6-5-13(18)8-11(15)7-10-3-4-12(17(19,20)21)9-14(10)16(22)23/h3-6,8-9H,2,7H2,1H3,(H2,22,23). The summed E-state index contributed by atoms with van der Waals surface area (Å²) < 4.78 is 63.1. The highest BCUT2D eigenvalue weighted by molar-refractivity contribution is 7.91. The van der Waals surface area contributed by atoms with E-state index < -0.39 is 27.5 Å². The first-order chi connectivity index (χ1) is 12.0. The first kappa shape index (κ1) is 20.3. The smallest absolute Gasteiger partial charge is 0.366 e. The molecule has 0 saturated carbocycles. The summed E-state index contributed by atoms with van der Waals surface area (Å²) >= 11 is 5.93. The van der Waals surface area contributed by atoms with Crippen LogP contribution < -0.4 is 5.73 Å². The zero-order chi connectivity index (χ0) is 19.7. The molecule has 0 bridgehead atoms. The zero-order valence-corrected chi connectivity index (χ0v) is 15.2. The lowest BCUT2D eigenvalue weighted by Crippen LogP contribution is -2.17. The van der Waals surface area contributed by atoms with Crippen molar-refractivity contribution >= 4 is 27.3 Å². The molecule has 140 valence electrons. The van der Waals surface area contributed by atoms with E-state index in [0.717, 1.165) is 12.1 Å². The maximum absolute atomic E-state index is 12.9. The number of primary amides is 1. The fourth-order valence-corrected chi connectivity index (χ4v) is 3.80. The van der Waals surface area contributed by atoms with Crippen molar-refractivity contribution in [1.29, 1.82) is 0 Å². The number of alkyl halides is 3. The molecule has 2 rings (SSSR count). The van der Waals surface area contributed by atoms with Gasteiger partial charge in [-0.15, -0.1) is 0 Å². The van der Waals surface area contributed by atoms with E-state index in [-0.39, 0.29) is 38.8 Å². The van der Waals surface area contributed by atoms with E-state index in [9.17, 15) is 26.4 Å². The van der Waals surface area contributed by atoms with E-state index in [2.05, 4.69) is 0 Å². The summed E-state index contributed by atoms with van der Waals surface area (Å²) in [6.07, 6.45) is -4.74. The number of sulfone groups is 1. The van der Waals surface area contributed by atoms with Gasteiger partial charge in [-0.05, 0) is 47.9 Å². The molecule has 2 aromatic rings. The Morgan fingerprint density at radius 3 is 2.31 bits per heavy atom. The van der Waals surface area contributed by atoms with Crippen molar-refractivity contribution in [1.82, 2.24) is 0 Å². The molecule has 0 saturated heterocycles. The van der Waals surface area contributed by atoms with Gasteiger partial charge in [-0.1, -0.05) is 24.6 Å². The van der Waals surface area contributed by atoms with Crippen LogP contribution in [0.15, 0.2) is 41.3 Å². The van der Waals surface area contributed by atoms with Gasteiger partial charge in [0.2, 0.25) is 5.91 Å². The summed E-state index contributed by atoms with van der Waals surface area (Å²) in [6.45, 7) is 1.47. The van der Waals surface area contributed by atoms with E-state index in [1.165, 1.54) is 25.1 Å². The van der Waals surface area contributed by atoms with E-state index in [0.29, 0.717) is 6.07 Å². The number of carbonyl (C=O) groups is 1. The third-order valence-corrected chi connectivity index (χ3v) is 5.88. The Kier molecular flexibility index (Phi) is 5.67. The van der Waals surface area contributed by atoms with E-state index >= 15 is 0 Å². The maximum Gasteiger partial charge on any atom is 0.416 e. The third kappa shape index (κ3) is 4.37. The molecule has 9 heteroatoms. The summed E-state index contributed by atoms with van der Waals surface area (Å²) in [7, 11) is -3.59. The van der Waals surface area contributed by atoms with Crippen molar-refractivity contribution in [2.24, 2.45) is 5.73 Å². The fraction of sp³-hybridized carbons (Fsp3) is 0.235. The van der Waals surface area contributed by atoms with Crippen molar-refractivity contribution in [2.45, 2.75) is 24.4 Å². The van der Waals surface area contributed by atoms with Crippen LogP contribution in [0.5, 0.6) is 0 Å². The maximum atomic E-state index is 12.9. The van der Waals surface area contributed by atoms with Crippen molar-refractivity contribution in [3.05, 3.63) is 63.7 Å². The SMILES string of the molecule is CCS(=O)(=O)c1ccc(Cl)cc1Cc1ccc(C(F)(F)F)cc1C(N)=O. The Labute approximate surface area is 153 Å². The molecule has 4 nitrogen and oxygen atoms in total. The molecule has 0 spiro atoms. The van der Waals surface area contributed by atoms with E-state index in [1.807, 2.05) is 0 Å². The highest BCUT2D eigenvalue weighted by Gasteiger charge is 2.31. The molecule has 0 heterocycles. The Hall–Kier alpha value is -2.06. The predicted molar refractivity (Wildman–Crippen MR) is 91.9 cm³/mol. The van der Waals surface area contributed by atoms with Crippen LogP contribution in [0.1, 0.15) is 34.0 Å². The first-order valence-corrected chi connectivity index (χ1v) is 9.50. The van der Waals surface area contributed by atoms with Crippen LogP contribution in [0.3, 0.4) is 0 Å². The van der Waals surface area contributed by atoms with Crippen molar-refractivity contribution < 1.29 is 26.4 Å². The van der Waals surface area contributed by atoms with Gasteiger partial charge in [0.15, 0.2) is 9.84 Å². The lowest BCUT2D eigenvalue weighted by atomic mass is 9.97. The van der Waals surface area contributed by atoms with Crippen molar-refractivity contribution in [2.75, 3.05) is 5.75 Å². The Balaban J connectivity index is 2.59. The van der Waals surface area contributed by atoms with Crippen molar-refractivity contribution in [3.63, 3.8) is 0 Å². The molecule has 0 aromatic heterocycles. The minimum absolute atomic E-state index is 0.0136. The summed E-state index contributed by atoms with van der Waals surface area (Å²) in [4.78, 5) is 11.6. The van der Waals surface area contributed by atoms with Crippen LogP contribution in [-0.2, 0) is 22.4 Å². The lowest BCUT2D eigenvalue weighted by Gasteiger charge is -2.14. The topological polar surface area (TPSA) is 77.2 Å². The lowest BCUT2D eigenvalue weighted by molar-refractivity contribution is -0.137. The number of rotatable bonds is 5. The largest absolute Gasteiger partial charge is 0.416 e. The van der Waals surface area contributed by atoms with Gasteiger partial charge >= 0.3 is 6.18 Å². The van der Waals surface area contributed by atoms with Crippen LogP contribution in [0.2, 0.25) is 5.02 Å². The van der Waals surface area contributed by atoms with Gasteiger partial charge in [0, 0.05) is 10.6 Å². The minimum atomic E-state index is -4.63. The minimum Gasteiger partial charge on any atom is -0.366 e. The van der Waals surface area contributed by atoms with E-state index in [1.54, 1.807) is 0 Å². The van der Waals surface area contributed by atoms with Crippen LogP contribution in [0.4, 0.5) is 13.2 Å². The highest BCUT2D eigenvalue weighted by atomic mass is 35.5. The molecule has 1 amide bonds. The van der Waals surface area contributed by atoms with Gasteiger partial charge < -0.3 is 5.73 Å². The van der Waals surface area contributed by atoms with Gasteiger partial charge in [-0.3, -0.25) is 4.79 Å². The third-order valence-electron chi connectivity index (χ3n) is 3.82. The number of hydrogen-bond donors (Lipinski definition) is 1. The molecule has 2 N–H and O–H groups in total. The predicted octanol–water partition coefficient (Wildman–Crippen LogP) is 3.84. The Morgan fingerprint density at radius 1 is 1.12 bits per heavy atom. The molecule has 0 fully saturated rings. The zero-order valence-electron chi connectivity index (χ0n) is 13.6. The molecule has 2 aromatic carbocycles. The Morgan fingerprint density at radius 2 is 1.77 bits per heavy atom. The molecular formula is C17H15ClF3NO3S. The highest BCUT2D eigenvalue weighted by Crippen LogP contribution is 2.32. The number of carbonyl (C=O) groups excluding carboxylic acids is 1. The van der Waals surface area contributed by atoms with Gasteiger partial charge in [0.1, 0.15) is 0 Å². The second kappa shape index (κ2) is 7.28. The molecule has 0 aliphatic carbocycles. The molecule has 0 atom stereocenters. The number of nitrogens with two attached hydrogens (primary N) is 1. The second-order valence-corrected chi connectivity index (χ2v) is 8.25. The van der Waals surface area contributed by atoms with Gasteiger partial charge in [0.25, 0.3) is 0 Å². The fourth-order valence-electron chi connectivity index (χ4n) is 2.49. The quantitative estimate of drug-likeness (QED) is 0.820. The number of benzene rings is 2. The average Bonchev–Trinajstić information content (AvgIpc) is 2.53. The summed E-state index contributed by atoms with van der Waals surface area (Å²) in [5.41, 5.74) is 4.34. The first-order valence-electron chi connectivity index (χ1n) is 7.47.